The summed E-state index contributed by atoms with van der Waals surface area (Å²) in [4.78, 5) is 15.9. The van der Waals surface area contributed by atoms with E-state index >= 15 is 0 Å². The summed E-state index contributed by atoms with van der Waals surface area (Å²) in [5.41, 5.74) is 0.897. The highest BCUT2D eigenvalue weighted by atomic mass is 32.2. The topological polar surface area (TPSA) is 50.2 Å². The molecule has 0 spiro atoms. The van der Waals surface area contributed by atoms with E-state index in [1.54, 1.807) is 24.3 Å². The van der Waals surface area contributed by atoms with Gasteiger partial charge in [0.15, 0.2) is 0 Å². The molecule has 5 heteroatoms. The highest BCUT2D eigenvalue weighted by molar-refractivity contribution is 7.99. The van der Waals surface area contributed by atoms with Gasteiger partial charge < -0.3 is 5.11 Å². The zero-order chi connectivity index (χ0) is 14.5. The summed E-state index contributed by atoms with van der Waals surface area (Å²) in [6, 6.07) is 9.41. The number of carboxylic acids is 1. The first-order valence-electron chi connectivity index (χ1n) is 6.26. The number of pyridine rings is 1. The van der Waals surface area contributed by atoms with Crippen LogP contribution in [0.15, 0.2) is 46.3 Å². The fourth-order valence-electron chi connectivity index (χ4n) is 1.76. The van der Waals surface area contributed by atoms with Gasteiger partial charge >= 0.3 is 5.97 Å². The van der Waals surface area contributed by atoms with E-state index in [1.807, 2.05) is 6.92 Å². The van der Waals surface area contributed by atoms with Gasteiger partial charge in [-0.3, -0.25) is 0 Å². The molecule has 0 saturated heterocycles. The number of rotatable bonds is 5. The molecule has 1 aromatic carbocycles. The van der Waals surface area contributed by atoms with Crippen LogP contribution in [-0.2, 0) is 6.42 Å². The maximum Gasteiger partial charge on any atom is 0.335 e. The number of aryl methyl sites for hydroxylation is 1. The van der Waals surface area contributed by atoms with Gasteiger partial charge in [0.2, 0.25) is 0 Å². The highest BCUT2D eigenvalue weighted by Gasteiger charge is 2.11. The molecule has 0 aliphatic rings. The number of halogens is 1. The Morgan fingerprint density at radius 2 is 2.10 bits per heavy atom. The fraction of sp³-hybridized carbons (Fsp3) is 0.200. The Morgan fingerprint density at radius 3 is 2.75 bits per heavy atom. The van der Waals surface area contributed by atoms with E-state index in [9.17, 15) is 9.18 Å². The summed E-state index contributed by atoms with van der Waals surface area (Å²) in [7, 11) is 0. The molecule has 0 radical (unpaired) electrons. The van der Waals surface area contributed by atoms with E-state index < -0.39 is 5.97 Å². The maximum absolute atomic E-state index is 13.6. The maximum atomic E-state index is 13.6. The van der Waals surface area contributed by atoms with Crippen LogP contribution in [0.4, 0.5) is 4.39 Å². The van der Waals surface area contributed by atoms with Gasteiger partial charge in [-0.1, -0.05) is 37.2 Å². The number of carbonyl (C=O) groups is 1. The zero-order valence-corrected chi connectivity index (χ0v) is 11.8. The Labute approximate surface area is 120 Å². The van der Waals surface area contributed by atoms with E-state index in [-0.39, 0.29) is 11.4 Å². The third-order valence-electron chi connectivity index (χ3n) is 2.66. The Balaban J connectivity index is 2.35. The molecule has 0 atom stereocenters. The number of benzene rings is 1. The molecule has 0 fully saturated rings. The summed E-state index contributed by atoms with van der Waals surface area (Å²) < 4.78 is 13.6. The Hall–Kier alpha value is -1.88. The summed E-state index contributed by atoms with van der Waals surface area (Å²) in [6.45, 7) is 2.00. The average Bonchev–Trinajstić information content (AvgIpc) is 2.41. The van der Waals surface area contributed by atoms with Crippen molar-refractivity contribution in [2.24, 2.45) is 0 Å². The first-order chi connectivity index (χ1) is 9.60. The molecule has 2 rings (SSSR count). The molecule has 1 aromatic heterocycles. The van der Waals surface area contributed by atoms with Crippen LogP contribution in [0.25, 0.3) is 0 Å². The highest BCUT2D eigenvalue weighted by Crippen LogP contribution is 2.29. The molecule has 2 aromatic rings. The molecule has 1 heterocycles. The second-order valence-corrected chi connectivity index (χ2v) is 5.34. The largest absolute Gasteiger partial charge is 0.478 e. The molecule has 20 heavy (non-hydrogen) atoms. The lowest BCUT2D eigenvalue weighted by molar-refractivity contribution is 0.0696. The lowest BCUT2D eigenvalue weighted by atomic mass is 10.2. The van der Waals surface area contributed by atoms with Crippen LogP contribution in [0, 0.1) is 5.82 Å². The van der Waals surface area contributed by atoms with Gasteiger partial charge in [-0.05, 0) is 30.7 Å². The number of aromatic carboxylic acids is 1. The molecule has 0 aliphatic carbocycles. The number of aromatic nitrogens is 1. The van der Waals surface area contributed by atoms with E-state index in [0.717, 1.165) is 18.2 Å². The predicted molar refractivity (Wildman–Crippen MR) is 75.7 cm³/mol. The second-order valence-electron chi connectivity index (χ2n) is 4.27. The SMILES string of the molecule is CCCc1cc(C(=O)O)cc(Sc2ccccc2F)n1. The van der Waals surface area contributed by atoms with E-state index in [4.69, 9.17) is 5.11 Å². The standard InChI is InChI=1S/C15H14FNO2S/c1-2-5-11-8-10(15(18)19)9-14(17-11)20-13-7-4-3-6-12(13)16/h3-4,6-9H,2,5H2,1H3,(H,18,19). The Bertz CT molecular complexity index is 631. The van der Waals surface area contributed by atoms with Crippen molar-refractivity contribution < 1.29 is 14.3 Å². The first kappa shape index (κ1) is 14.5. The second kappa shape index (κ2) is 6.52. The number of nitrogens with zero attached hydrogens (tertiary/aromatic N) is 1. The lowest BCUT2D eigenvalue weighted by Crippen LogP contribution is -2.01. The van der Waals surface area contributed by atoms with Gasteiger partial charge in [-0.2, -0.15) is 0 Å². The van der Waals surface area contributed by atoms with Gasteiger partial charge in [0.25, 0.3) is 0 Å². The third kappa shape index (κ3) is 3.57. The molecule has 0 aliphatic heterocycles. The quantitative estimate of drug-likeness (QED) is 0.904. The van der Waals surface area contributed by atoms with Crippen molar-refractivity contribution in [2.75, 3.05) is 0 Å². The normalized spacial score (nSPS) is 10.5. The van der Waals surface area contributed by atoms with Crippen molar-refractivity contribution in [1.29, 1.82) is 0 Å². The van der Waals surface area contributed by atoms with Crippen LogP contribution < -0.4 is 0 Å². The smallest absolute Gasteiger partial charge is 0.335 e. The monoisotopic (exact) mass is 291 g/mol. The fourth-order valence-corrected chi connectivity index (χ4v) is 2.65. The van der Waals surface area contributed by atoms with Crippen LogP contribution >= 0.6 is 11.8 Å². The number of hydrogen-bond acceptors (Lipinski definition) is 3. The zero-order valence-electron chi connectivity index (χ0n) is 11.0. The van der Waals surface area contributed by atoms with Crippen molar-refractivity contribution in [1.82, 2.24) is 4.98 Å². The minimum atomic E-state index is -1.000. The molecule has 1 N–H and O–H groups in total. The minimum Gasteiger partial charge on any atom is -0.478 e. The van der Waals surface area contributed by atoms with Crippen LogP contribution in [0.1, 0.15) is 29.4 Å². The molecule has 0 unspecified atom stereocenters. The first-order valence-corrected chi connectivity index (χ1v) is 7.08. The molecule has 0 saturated carbocycles. The van der Waals surface area contributed by atoms with Crippen molar-refractivity contribution in [2.45, 2.75) is 29.7 Å². The van der Waals surface area contributed by atoms with E-state index in [2.05, 4.69) is 4.98 Å². The summed E-state index contributed by atoms with van der Waals surface area (Å²) in [6.07, 6.45) is 1.58. The lowest BCUT2D eigenvalue weighted by Gasteiger charge is -2.06. The molecule has 0 bridgehead atoms. The van der Waals surface area contributed by atoms with Crippen molar-refractivity contribution in [3.05, 3.63) is 53.5 Å². The van der Waals surface area contributed by atoms with Crippen molar-refractivity contribution in [3.63, 3.8) is 0 Å². The molecule has 0 amide bonds. The summed E-state index contributed by atoms with van der Waals surface area (Å²) in [5, 5.41) is 9.61. The molecule has 104 valence electrons. The van der Waals surface area contributed by atoms with Crippen LogP contribution in [-0.4, -0.2) is 16.1 Å². The van der Waals surface area contributed by atoms with Crippen LogP contribution in [0.2, 0.25) is 0 Å². The van der Waals surface area contributed by atoms with Gasteiger partial charge in [-0.25, -0.2) is 14.2 Å². The molecule has 3 nitrogen and oxygen atoms in total. The van der Waals surface area contributed by atoms with Crippen LogP contribution in [0.5, 0.6) is 0 Å². The predicted octanol–water partition coefficient (Wildman–Crippen LogP) is 4.02. The molecular formula is C15H14FNO2S. The molecular weight excluding hydrogens is 277 g/mol. The Morgan fingerprint density at radius 1 is 1.35 bits per heavy atom. The summed E-state index contributed by atoms with van der Waals surface area (Å²) >= 11 is 1.14. The van der Waals surface area contributed by atoms with Gasteiger partial charge in [-0.15, -0.1) is 0 Å². The van der Waals surface area contributed by atoms with Gasteiger partial charge in [0.05, 0.1) is 5.56 Å². The average molecular weight is 291 g/mol. The van der Waals surface area contributed by atoms with Gasteiger partial charge in [0.1, 0.15) is 10.8 Å². The van der Waals surface area contributed by atoms with E-state index in [0.29, 0.717) is 22.0 Å². The minimum absolute atomic E-state index is 0.183. The van der Waals surface area contributed by atoms with Gasteiger partial charge in [0, 0.05) is 10.6 Å². The van der Waals surface area contributed by atoms with Crippen molar-refractivity contribution in [3.8, 4) is 0 Å². The number of carboxylic acid groups (broad SMARTS) is 1. The summed E-state index contributed by atoms with van der Waals surface area (Å²) in [5.74, 6) is -1.34. The Kier molecular flexibility index (Phi) is 4.74. The number of hydrogen-bond donors (Lipinski definition) is 1. The van der Waals surface area contributed by atoms with E-state index in [1.165, 1.54) is 12.1 Å². The van der Waals surface area contributed by atoms with Crippen LogP contribution in [0.3, 0.4) is 0 Å². The third-order valence-corrected chi connectivity index (χ3v) is 3.63. The van der Waals surface area contributed by atoms with Crippen molar-refractivity contribution >= 4 is 17.7 Å².